The monoisotopic (exact) mass is 183 g/mol. The van der Waals surface area contributed by atoms with Crippen molar-refractivity contribution in [3.8, 4) is 0 Å². The molecule has 72 valence electrons. The van der Waals surface area contributed by atoms with Crippen LogP contribution in [0.4, 0.5) is 5.69 Å². The highest BCUT2D eigenvalue weighted by Crippen LogP contribution is 2.11. The Morgan fingerprint density at radius 1 is 1.77 bits per heavy atom. The number of hydrogen-bond donors (Lipinski definition) is 2. The number of rotatable bonds is 2. The molecule has 0 aliphatic rings. The van der Waals surface area contributed by atoms with E-state index >= 15 is 0 Å². The first-order valence-electron chi connectivity index (χ1n) is 4.00. The molecule has 0 radical (unpaired) electrons. The summed E-state index contributed by atoms with van der Waals surface area (Å²) in [5.74, 6) is -0.420. The van der Waals surface area contributed by atoms with E-state index in [1.165, 1.54) is 6.92 Å². The maximum atomic E-state index is 11.1. The molecule has 0 saturated carbocycles. The number of anilines is 1. The van der Waals surface area contributed by atoms with Crippen LogP contribution in [0.25, 0.3) is 0 Å². The smallest absolute Gasteiger partial charge is 0.253 e. The lowest BCUT2D eigenvalue weighted by atomic mass is 10.3. The third kappa shape index (κ3) is 2.29. The fourth-order valence-corrected chi connectivity index (χ4v) is 0.959. The first-order valence-corrected chi connectivity index (χ1v) is 4.00. The van der Waals surface area contributed by atoms with Crippen molar-refractivity contribution in [1.82, 2.24) is 9.78 Å². The van der Waals surface area contributed by atoms with Crippen molar-refractivity contribution in [2.75, 3.05) is 5.32 Å². The van der Waals surface area contributed by atoms with Gasteiger partial charge < -0.3 is 10.4 Å². The molecule has 1 aromatic rings. The molecule has 1 heterocycles. The molecule has 0 aliphatic heterocycles. The van der Waals surface area contributed by atoms with Crippen LogP contribution < -0.4 is 5.32 Å². The van der Waals surface area contributed by atoms with Gasteiger partial charge in [-0.05, 0) is 13.8 Å². The van der Waals surface area contributed by atoms with Crippen LogP contribution in [0, 0.1) is 6.92 Å². The molecule has 1 unspecified atom stereocenters. The van der Waals surface area contributed by atoms with Crippen LogP contribution in [0.15, 0.2) is 6.20 Å². The van der Waals surface area contributed by atoms with Crippen LogP contribution in [0.3, 0.4) is 0 Å². The van der Waals surface area contributed by atoms with Crippen LogP contribution in [0.5, 0.6) is 0 Å². The Bertz CT molecular complexity index is 317. The van der Waals surface area contributed by atoms with Crippen molar-refractivity contribution >= 4 is 11.6 Å². The van der Waals surface area contributed by atoms with E-state index in [0.717, 1.165) is 5.69 Å². The molecule has 0 saturated heterocycles. The molecule has 0 fully saturated rings. The molecule has 0 bridgehead atoms. The Hall–Kier alpha value is -1.36. The van der Waals surface area contributed by atoms with Crippen molar-refractivity contribution < 1.29 is 9.90 Å². The number of carbonyl (C=O) groups is 1. The molecule has 1 rings (SSSR count). The Labute approximate surface area is 76.4 Å². The fourth-order valence-electron chi connectivity index (χ4n) is 0.959. The second-order valence-electron chi connectivity index (χ2n) is 2.97. The number of aromatic nitrogens is 2. The summed E-state index contributed by atoms with van der Waals surface area (Å²) in [6, 6.07) is 0. The number of nitrogens with zero attached hydrogens (tertiary/aromatic N) is 2. The fraction of sp³-hybridized carbons (Fsp3) is 0.500. The summed E-state index contributed by atoms with van der Waals surface area (Å²) in [7, 11) is 1.77. The zero-order chi connectivity index (χ0) is 10.0. The van der Waals surface area contributed by atoms with Gasteiger partial charge in [0.1, 0.15) is 6.10 Å². The molecule has 1 amide bonds. The van der Waals surface area contributed by atoms with Gasteiger partial charge in [0.15, 0.2) is 0 Å². The van der Waals surface area contributed by atoms with Crippen molar-refractivity contribution in [1.29, 1.82) is 0 Å². The lowest BCUT2D eigenvalue weighted by Crippen LogP contribution is -2.24. The molecular weight excluding hydrogens is 170 g/mol. The van der Waals surface area contributed by atoms with Crippen molar-refractivity contribution in [2.45, 2.75) is 20.0 Å². The van der Waals surface area contributed by atoms with Gasteiger partial charge in [-0.15, -0.1) is 0 Å². The minimum Gasteiger partial charge on any atom is -0.384 e. The number of hydrogen-bond acceptors (Lipinski definition) is 3. The Morgan fingerprint density at radius 2 is 2.38 bits per heavy atom. The van der Waals surface area contributed by atoms with Crippen LogP contribution in [0.2, 0.25) is 0 Å². The molecule has 1 atom stereocenters. The lowest BCUT2D eigenvalue weighted by molar-refractivity contribution is -0.123. The number of amides is 1. The quantitative estimate of drug-likeness (QED) is 0.680. The highest BCUT2D eigenvalue weighted by molar-refractivity contribution is 5.93. The van der Waals surface area contributed by atoms with Gasteiger partial charge in [0.2, 0.25) is 0 Å². The summed E-state index contributed by atoms with van der Waals surface area (Å²) in [6.07, 6.45) is 0.690. The van der Waals surface area contributed by atoms with Gasteiger partial charge in [-0.1, -0.05) is 0 Å². The standard InChI is InChI=1S/C8H13N3O2/c1-5-7(4-11(3)10-5)9-8(13)6(2)12/h4,6,12H,1-3H3,(H,9,13). The molecule has 0 spiro atoms. The Balaban J connectivity index is 2.74. The highest BCUT2D eigenvalue weighted by atomic mass is 16.3. The van der Waals surface area contributed by atoms with Crippen LogP contribution in [-0.2, 0) is 11.8 Å². The summed E-state index contributed by atoms with van der Waals surface area (Å²) in [4.78, 5) is 11.1. The second kappa shape index (κ2) is 3.57. The molecule has 2 N–H and O–H groups in total. The van der Waals surface area contributed by atoms with Gasteiger partial charge in [-0.25, -0.2) is 0 Å². The minimum atomic E-state index is -1.00. The van der Waals surface area contributed by atoms with E-state index in [-0.39, 0.29) is 0 Å². The maximum absolute atomic E-state index is 11.1. The van der Waals surface area contributed by atoms with Gasteiger partial charge in [-0.3, -0.25) is 9.48 Å². The van der Waals surface area contributed by atoms with Gasteiger partial charge in [-0.2, -0.15) is 5.10 Å². The number of aliphatic hydroxyl groups excluding tert-OH is 1. The average Bonchev–Trinajstić information content (AvgIpc) is 2.30. The average molecular weight is 183 g/mol. The summed E-state index contributed by atoms with van der Waals surface area (Å²) in [6.45, 7) is 3.21. The normalized spacial score (nSPS) is 12.6. The molecule has 5 nitrogen and oxygen atoms in total. The minimum absolute atomic E-state index is 0.420. The topological polar surface area (TPSA) is 67.2 Å². The predicted octanol–water partition coefficient (Wildman–Crippen LogP) is 0.0478. The van der Waals surface area contributed by atoms with Crippen LogP contribution >= 0.6 is 0 Å². The van der Waals surface area contributed by atoms with E-state index in [1.54, 1.807) is 24.9 Å². The Kier molecular flexibility index (Phi) is 2.67. The van der Waals surface area contributed by atoms with Gasteiger partial charge in [0.05, 0.1) is 11.4 Å². The third-order valence-corrected chi connectivity index (χ3v) is 1.65. The molecule has 13 heavy (non-hydrogen) atoms. The summed E-state index contributed by atoms with van der Waals surface area (Å²) >= 11 is 0. The van der Waals surface area contributed by atoms with E-state index in [9.17, 15) is 4.79 Å². The molecule has 0 aliphatic carbocycles. The van der Waals surface area contributed by atoms with E-state index in [1.807, 2.05) is 0 Å². The zero-order valence-electron chi connectivity index (χ0n) is 7.90. The van der Waals surface area contributed by atoms with Crippen molar-refractivity contribution in [3.05, 3.63) is 11.9 Å². The van der Waals surface area contributed by atoms with Crippen LogP contribution in [0.1, 0.15) is 12.6 Å². The van der Waals surface area contributed by atoms with Crippen molar-refractivity contribution in [2.24, 2.45) is 7.05 Å². The SMILES string of the molecule is Cc1nn(C)cc1NC(=O)C(C)O. The summed E-state index contributed by atoms with van der Waals surface area (Å²) < 4.78 is 1.60. The van der Waals surface area contributed by atoms with Crippen LogP contribution in [-0.4, -0.2) is 26.9 Å². The van der Waals surface area contributed by atoms with E-state index < -0.39 is 12.0 Å². The van der Waals surface area contributed by atoms with Crippen molar-refractivity contribution in [3.63, 3.8) is 0 Å². The molecule has 0 aromatic carbocycles. The predicted molar refractivity (Wildman–Crippen MR) is 48.3 cm³/mol. The second-order valence-corrected chi connectivity index (χ2v) is 2.97. The van der Waals surface area contributed by atoms with Gasteiger partial charge in [0, 0.05) is 13.2 Å². The first-order chi connectivity index (χ1) is 6.00. The molecule has 5 heteroatoms. The van der Waals surface area contributed by atoms with E-state index in [0.29, 0.717) is 5.69 Å². The van der Waals surface area contributed by atoms with Gasteiger partial charge >= 0.3 is 0 Å². The largest absolute Gasteiger partial charge is 0.384 e. The Morgan fingerprint density at radius 3 is 2.77 bits per heavy atom. The zero-order valence-corrected chi connectivity index (χ0v) is 7.90. The van der Waals surface area contributed by atoms with E-state index in [4.69, 9.17) is 5.11 Å². The summed E-state index contributed by atoms with van der Waals surface area (Å²) in [5.41, 5.74) is 1.37. The number of carbonyl (C=O) groups excluding carboxylic acids is 1. The molecular formula is C8H13N3O2. The highest BCUT2D eigenvalue weighted by Gasteiger charge is 2.11. The van der Waals surface area contributed by atoms with E-state index in [2.05, 4.69) is 10.4 Å². The molecule has 1 aromatic heterocycles. The summed E-state index contributed by atoms with van der Waals surface area (Å²) in [5, 5.41) is 15.5. The first kappa shape index (κ1) is 9.73. The number of aryl methyl sites for hydroxylation is 2. The lowest BCUT2D eigenvalue weighted by Gasteiger charge is -2.04. The third-order valence-electron chi connectivity index (χ3n) is 1.65. The number of aliphatic hydroxyl groups is 1. The maximum Gasteiger partial charge on any atom is 0.253 e. The number of nitrogens with one attached hydrogen (secondary N) is 1. The van der Waals surface area contributed by atoms with Gasteiger partial charge in [0.25, 0.3) is 5.91 Å².